The van der Waals surface area contributed by atoms with Gasteiger partial charge >= 0.3 is 0 Å². The summed E-state index contributed by atoms with van der Waals surface area (Å²) >= 11 is 1.57. The number of ether oxygens (including phenoxy) is 1. The van der Waals surface area contributed by atoms with Crippen LogP contribution in [0.3, 0.4) is 0 Å². The summed E-state index contributed by atoms with van der Waals surface area (Å²) in [6.07, 6.45) is 4.23. The van der Waals surface area contributed by atoms with Crippen molar-refractivity contribution in [3.8, 4) is 0 Å². The average molecular weight is 346 g/mol. The molecule has 0 unspecified atom stereocenters. The van der Waals surface area contributed by atoms with E-state index in [1.807, 2.05) is 19.9 Å². The third-order valence-electron chi connectivity index (χ3n) is 4.04. The van der Waals surface area contributed by atoms with Crippen LogP contribution in [0.25, 0.3) is 0 Å². The number of hydrogen-bond donors (Lipinski definition) is 1. The Hall–Kier alpha value is -1.86. The van der Waals surface area contributed by atoms with E-state index in [9.17, 15) is 4.79 Å². The van der Waals surface area contributed by atoms with Crippen LogP contribution in [-0.2, 0) is 22.5 Å². The monoisotopic (exact) mass is 346 g/mol. The van der Waals surface area contributed by atoms with Gasteiger partial charge in [-0.25, -0.2) is 15.0 Å². The highest BCUT2D eigenvalue weighted by atomic mass is 32.1. The Balaban J connectivity index is 1.56. The van der Waals surface area contributed by atoms with E-state index in [1.165, 1.54) is 0 Å². The third kappa shape index (κ3) is 4.36. The molecule has 0 aromatic carbocycles. The van der Waals surface area contributed by atoms with Gasteiger partial charge in [0.05, 0.1) is 36.0 Å². The zero-order valence-corrected chi connectivity index (χ0v) is 14.9. The quantitative estimate of drug-likeness (QED) is 0.899. The highest BCUT2D eigenvalue weighted by molar-refractivity contribution is 7.11. The second kappa shape index (κ2) is 7.81. The van der Waals surface area contributed by atoms with Gasteiger partial charge in [0.1, 0.15) is 5.82 Å². The van der Waals surface area contributed by atoms with Crippen LogP contribution in [0.5, 0.6) is 0 Å². The van der Waals surface area contributed by atoms with Crippen molar-refractivity contribution in [2.45, 2.75) is 45.6 Å². The van der Waals surface area contributed by atoms with Gasteiger partial charge in [0.25, 0.3) is 0 Å². The fourth-order valence-corrected chi connectivity index (χ4v) is 3.72. The third-order valence-corrected chi connectivity index (χ3v) is 5.12. The molecule has 1 aliphatic rings. The molecule has 0 aliphatic carbocycles. The lowest BCUT2D eigenvalue weighted by Crippen LogP contribution is -2.25. The zero-order chi connectivity index (χ0) is 16.9. The lowest BCUT2D eigenvalue weighted by atomic mass is 10.0. The van der Waals surface area contributed by atoms with E-state index in [0.29, 0.717) is 19.6 Å². The van der Waals surface area contributed by atoms with Crippen molar-refractivity contribution in [1.82, 2.24) is 20.3 Å². The number of aromatic nitrogens is 3. The second-order valence-corrected chi connectivity index (χ2v) is 7.30. The molecule has 1 amide bonds. The van der Waals surface area contributed by atoms with Crippen LogP contribution < -0.4 is 5.32 Å². The molecule has 2 aromatic rings. The summed E-state index contributed by atoms with van der Waals surface area (Å²) < 4.78 is 5.50. The van der Waals surface area contributed by atoms with Crippen molar-refractivity contribution in [1.29, 1.82) is 0 Å². The average Bonchev–Trinajstić information content (AvgIpc) is 2.91. The maximum atomic E-state index is 12.1. The van der Waals surface area contributed by atoms with Crippen LogP contribution in [0.15, 0.2) is 12.3 Å². The van der Waals surface area contributed by atoms with E-state index in [-0.39, 0.29) is 11.8 Å². The summed E-state index contributed by atoms with van der Waals surface area (Å²) in [6, 6.07) is 1.84. The largest absolute Gasteiger partial charge is 0.381 e. The molecule has 6 nitrogen and oxygen atoms in total. The van der Waals surface area contributed by atoms with Crippen LogP contribution in [0.1, 0.15) is 45.9 Å². The molecule has 3 rings (SSSR count). The van der Waals surface area contributed by atoms with Gasteiger partial charge in [0, 0.05) is 23.6 Å². The fraction of sp³-hybridized carbons (Fsp3) is 0.529. The lowest BCUT2D eigenvalue weighted by Gasteiger charge is -2.20. The Morgan fingerprint density at radius 1 is 1.42 bits per heavy atom. The molecule has 2 aromatic heterocycles. The summed E-state index contributed by atoms with van der Waals surface area (Å²) in [6.45, 7) is 5.81. The number of amides is 1. The number of thiazole rings is 1. The summed E-state index contributed by atoms with van der Waals surface area (Å²) in [4.78, 5) is 26.5. The number of aryl methyl sites for hydroxylation is 2. The maximum absolute atomic E-state index is 12.1. The van der Waals surface area contributed by atoms with Crippen molar-refractivity contribution >= 4 is 17.2 Å². The van der Waals surface area contributed by atoms with Crippen molar-refractivity contribution in [2.24, 2.45) is 0 Å². The molecule has 1 saturated heterocycles. The van der Waals surface area contributed by atoms with Gasteiger partial charge in [-0.05, 0) is 32.8 Å². The van der Waals surface area contributed by atoms with Crippen LogP contribution in [-0.4, -0.2) is 34.1 Å². The summed E-state index contributed by atoms with van der Waals surface area (Å²) in [5, 5.41) is 3.92. The number of rotatable bonds is 5. The SMILES string of the molecule is Cc1nc(C)c(CC(=O)NCc2ccnc([C@@H]3CCCOC3)n2)s1. The molecule has 128 valence electrons. The van der Waals surface area contributed by atoms with Crippen LogP contribution in [0.4, 0.5) is 0 Å². The molecule has 0 spiro atoms. The summed E-state index contributed by atoms with van der Waals surface area (Å²) in [5.74, 6) is 1.07. The minimum atomic E-state index is -0.0112. The van der Waals surface area contributed by atoms with Gasteiger partial charge in [-0.15, -0.1) is 11.3 Å². The smallest absolute Gasteiger partial charge is 0.225 e. The lowest BCUT2D eigenvalue weighted by molar-refractivity contribution is -0.120. The number of hydrogen-bond acceptors (Lipinski definition) is 6. The first-order chi connectivity index (χ1) is 11.6. The van der Waals surface area contributed by atoms with Crippen LogP contribution >= 0.6 is 11.3 Å². The van der Waals surface area contributed by atoms with E-state index in [0.717, 1.165) is 46.5 Å². The molecule has 24 heavy (non-hydrogen) atoms. The minimum absolute atomic E-state index is 0.0112. The molecule has 0 bridgehead atoms. The molecular weight excluding hydrogens is 324 g/mol. The molecule has 0 radical (unpaired) electrons. The summed E-state index contributed by atoms with van der Waals surface area (Å²) in [5.41, 5.74) is 1.77. The topological polar surface area (TPSA) is 77.0 Å². The Morgan fingerprint density at radius 3 is 3.00 bits per heavy atom. The minimum Gasteiger partial charge on any atom is -0.381 e. The van der Waals surface area contributed by atoms with E-state index in [1.54, 1.807) is 17.5 Å². The van der Waals surface area contributed by atoms with Crippen LogP contribution in [0.2, 0.25) is 0 Å². The van der Waals surface area contributed by atoms with Gasteiger partial charge in [0.2, 0.25) is 5.91 Å². The van der Waals surface area contributed by atoms with Gasteiger partial charge in [-0.2, -0.15) is 0 Å². The second-order valence-electron chi connectivity index (χ2n) is 6.02. The van der Waals surface area contributed by atoms with Crippen LogP contribution in [0, 0.1) is 13.8 Å². The Kier molecular flexibility index (Phi) is 5.52. The van der Waals surface area contributed by atoms with Gasteiger partial charge in [-0.3, -0.25) is 4.79 Å². The maximum Gasteiger partial charge on any atom is 0.225 e. The van der Waals surface area contributed by atoms with Gasteiger partial charge in [0.15, 0.2) is 0 Å². The molecule has 1 fully saturated rings. The molecule has 0 saturated carbocycles. The predicted molar refractivity (Wildman–Crippen MR) is 92.0 cm³/mol. The molecule has 1 atom stereocenters. The van der Waals surface area contributed by atoms with E-state index >= 15 is 0 Å². The van der Waals surface area contributed by atoms with Gasteiger partial charge in [-0.1, -0.05) is 0 Å². The first kappa shape index (κ1) is 17.0. The first-order valence-corrected chi connectivity index (χ1v) is 9.02. The number of nitrogens with zero attached hydrogens (tertiary/aromatic N) is 3. The standard InChI is InChI=1S/C17H22N4O2S/c1-11-15(24-12(2)20-11)8-16(22)19-9-14-5-6-18-17(21-14)13-4-3-7-23-10-13/h5-6,13H,3-4,7-10H2,1-2H3,(H,19,22)/t13-/m1/s1. The van der Waals surface area contributed by atoms with E-state index in [4.69, 9.17) is 4.74 Å². The predicted octanol–water partition coefficient (Wildman–Crippen LogP) is 2.30. The molecule has 7 heteroatoms. The van der Waals surface area contributed by atoms with E-state index in [2.05, 4.69) is 20.3 Å². The highest BCUT2D eigenvalue weighted by Gasteiger charge is 2.19. The van der Waals surface area contributed by atoms with Crippen molar-refractivity contribution < 1.29 is 9.53 Å². The molecule has 1 aliphatic heterocycles. The fourth-order valence-electron chi connectivity index (χ4n) is 2.79. The molecule has 3 heterocycles. The van der Waals surface area contributed by atoms with Gasteiger partial charge < -0.3 is 10.1 Å². The summed E-state index contributed by atoms with van der Waals surface area (Å²) in [7, 11) is 0. The Bertz CT molecular complexity index is 710. The van der Waals surface area contributed by atoms with Crippen molar-refractivity contribution in [2.75, 3.05) is 13.2 Å². The van der Waals surface area contributed by atoms with Crippen molar-refractivity contribution in [3.63, 3.8) is 0 Å². The Labute approximate surface area is 145 Å². The molecule has 1 N–H and O–H groups in total. The number of carbonyl (C=O) groups is 1. The van der Waals surface area contributed by atoms with E-state index < -0.39 is 0 Å². The zero-order valence-electron chi connectivity index (χ0n) is 14.0. The number of nitrogens with one attached hydrogen (secondary N) is 1. The van der Waals surface area contributed by atoms with Crippen molar-refractivity contribution in [3.05, 3.63) is 39.4 Å². The first-order valence-electron chi connectivity index (χ1n) is 8.21. The normalized spacial score (nSPS) is 17.7. The highest BCUT2D eigenvalue weighted by Crippen LogP contribution is 2.22. The molecular formula is C17H22N4O2S. The Morgan fingerprint density at radius 2 is 2.29 bits per heavy atom. The number of carbonyl (C=O) groups excluding carboxylic acids is 1.